The molecule has 2 aromatic rings. The van der Waals surface area contributed by atoms with E-state index < -0.39 is 75.9 Å². The normalized spacial score (nSPS) is 40.2. The molecule has 0 amide bonds. The van der Waals surface area contributed by atoms with Crippen molar-refractivity contribution in [3.05, 3.63) is 82.9 Å². The van der Waals surface area contributed by atoms with E-state index in [1.807, 2.05) is 51.1 Å². The Hall–Kier alpha value is -2.92. The fourth-order valence-electron chi connectivity index (χ4n) is 9.31. The topological polar surface area (TPSA) is 160 Å². The average Bonchev–Trinajstić information content (AvgIpc) is 3.02. The smallest absolute Gasteiger partial charge is 0.337 e. The van der Waals surface area contributed by atoms with Crippen LogP contribution < -0.4 is 5.73 Å². The zero-order valence-corrected chi connectivity index (χ0v) is 26.5. The summed E-state index contributed by atoms with van der Waals surface area (Å²) in [5.41, 5.74) is 3.36. The van der Waals surface area contributed by atoms with Crippen LogP contribution in [0.4, 0.5) is 0 Å². The Kier molecular flexibility index (Phi) is 7.71. The summed E-state index contributed by atoms with van der Waals surface area (Å²) in [6.07, 6.45) is -5.73. The van der Waals surface area contributed by atoms with Crippen molar-refractivity contribution < 1.29 is 39.5 Å². The van der Waals surface area contributed by atoms with E-state index in [0.29, 0.717) is 17.7 Å². The van der Waals surface area contributed by atoms with Gasteiger partial charge in [0.15, 0.2) is 11.9 Å². The first-order valence-electron chi connectivity index (χ1n) is 15.8. The van der Waals surface area contributed by atoms with Crippen LogP contribution in [0.2, 0.25) is 0 Å². The summed E-state index contributed by atoms with van der Waals surface area (Å²) in [4.78, 5) is 28.1. The minimum absolute atomic E-state index is 0.0703. The lowest BCUT2D eigenvalue weighted by atomic mass is 9.39. The number of aliphatic hydroxyl groups excluding tert-OH is 3. The fourth-order valence-corrected chi connectivity index (χ4v) is 9.31. The second-order valence-corrected chi connectivity index (χ2v) is 14.6. The Bertz CT molecular complexity index is 1510. The number of carbonyl (C=O) groups excluding carboxylic acids is 2. The highest BCUT2D eigenvalue weighted by molar-refractivity contribution is 5.93. The first-order valence-corrected chi connectivity index (χ1v) is 15.8. The lowest BCUT2D eigenvalue weighted by Crippen LogP contribution is -2.74. The van der Waals surface area contributed by atoms with E-state index >= 15 is 0 Å². The number of hydrogen-bond acceptors (Lipinski definition) is 9. The first kappa shape index (κ1) is 32.0. The molecule has 6 rings (SSSR count). The lowest BCUT2D eigenvalue weighted by molar-refractivity contribution is -0.293. The van der Waals surface area contributed by atoms with Gasteiger partial charge in [0, 0.05) is 29.6 Å². The van der Waals surface area contributed by atoms with Crippen molar-refractivity contribution >= 4 is 11.8 Å². The average molecular weight is 620 g/mol. The summed E-state index contributed by atoms with van der Waals surface area (Å²) in [7, 11) is 0. The van der Waals surface area contributed by atoms with E-state index in [1.165, 1.54) is 0 Å². The number of benzene rings is 2. The highest BCUT2D eigenvalue weighted by Crippen LogP contribution is 2.69. The molecule has 1 heterocycles. The largest absolute Gasteiger partial charge is 0.456 e. The van der Waals surface area contributed by atoms with E-state index in [9.17, 15) is 30.0 Å². The molecule has 0 radical (unpaired) electrons. The molecule has 0 aromatic heterocycles. The van der Waals surface area contributed by atoms with Crippen LogP contribution in [0.15, 0.2) is 71.8 Å². The predicted molar refractivity (Wildman–Crippen MR) is 166 cm³/mol. The zero-order chi connectivity index (χ0) is 32.7. The second-order valence-electron chi connectivity index (χ2n) is 14.6. The molecule has 11 atom stereocenters. The maximum absolute atomic E-state index is 14.7. The summed E-state index contributed by atoms with van der Waals surface area (Å²) >= 11 is 0. The summed E-state index contributed by atoms with van der Waals surface area (Å²) in [6, 6.07) is 17.1. The van der Waals surface area contributed by atoms with Crippen molar-refractivity contribution in [2.75, 3.05) is 6.61 Å². The van der Waals surface area contributed by atoms with Gasteiger partial charge in [-0.15, -0.1) is 0 Å². The van der Waals surface area contributed by atoms with E-state index in [2.05, 4.69) is 0 Å². The van der Waals surface area contributed by atoms with E-state index in [1.54, 1.807) is 44.2 Å². The Morgan fingerprint density at radius 1 is 1.02 bits per heavy atom. The quantitative estimate of drug-likeness (QED) is 0.251. The molecule has 4 aliphatic rings. The molecular formula is C36H45NO8. The number of carbonyl (C=O) groups is 2. The number of hydrogen-bond donors (Lipinski definition) is 5. The van der Waals surface area contributed by atoms with E-state index in [-0.39, 0.29) is 24.5 Å². The SMILES string of the molecule is CC1=C2[C@@H](O)C(=O)[C@@]3(C)C(C(c4ccccc4)[C@](O)(C[C@@H]1OC(=O)[C@H](O)[C@@H](N)c1ccccc1)C2(C)C)[C@]1(C)CO[C@@H]1C[C@@H]3O. The molecular weight excluding hydrogens is 574 g/mol. The zero-order valence-electron chi connectivity index (χ0n) is 26.5. The maximum atomic E-state index is 14.7. The van der Waals surface area contributed by atoms with Gasteiger partial charge in [-0.25, -0.2) is 4.79 Å². The molecule has 9 nitrogen and oxygen atoms in total. The Labute approximate surface area is 264 Å². The van der Waals surface area contributed by atoms with E-state index in [4.69, 9.17) is 15.2 Å². The van der Waals surface area contributed by atoms with Crippen LogP contribution in [-0.4, -0.2) is 74.9 Å². The molecule has 9 heteroatoms. The van der Waals surface area contributed by atoms with Crippen LogP contribution in [0.3, 0.4) is 0 Å². The highest BCUT2D eigenvalue weighted by atomic mass is 16.6. The van der Waals surface area contributed by atoms with Gasteiger partial charge in [0.1, 0.15) is 12.2 Å². The molecule has 2 unspecified atom stereocenters. The molecule has 45 heavy (non-hydrogen) atoms. The van der Waals surface area contributed by atoms with Crippen molar-refractivity contribution in [3.8, 4) is 0 Å². The van der Waals surface area contributed by atoms with Crippen LogP contribution in [0, 0.1) is 22.2 Å². The molecule has 3 fully saturated rings. The highest BCUT2D eigenvalue weighted by Gasteiger charge is 2.74. The number of rotatable bonds is 5. The van der Waals surface area contributed by atoms with Gasteiger partial charge in [-0.05, 0) is 42.0 Å². The van der Waals surface area contributed by atoms with Crippen molar-refractivity contribution in [1.29, 1.82) is 0 Å². The van der Waals surface area contributed by atoms with Crippen LogP contribution >= 0.6 is 0 Å². The fraction of sp³-hybridized carbons (Fsp3) is 0.556. The number of esters is 1. The number of ether oxygens (including phenoxy) is 2. The van der Waals surface area contributed by atoms with Crippen LogP contribution in [-0.2, 0) is 19.1 Å². The Morgan fingerprint density at radius 3 is 2.20 bits per heavy atom. The number of ketones is 1. The summed E-state index contributed by atoms with van der Waals surface area (Å²) in [6.45, 7) is 9.40. The maximum Gasteiger partial charge on any atom is 0.337 e. The van der Waals surface area contributed by atoms with Crippen molar-refractivity contribution in [2.45, 2.75) is 95.5 Å². The van der Waals surface area contributed by atoms with E-state index in [0.717, 1.165) is 5.56 Å². The van der Waals surface area contributed by atoms with Gasteiger partial charge in [0.25, 0.3) is 0 Å². The second kappa shape index (κ2) is 10.8. The minimum atomic E-state index is -1.69. The third-order valence-electron chi connectivity index (χ3n) is 12.1. The molecule has 3 aliphatic carbocycles. The molecule has 0 spiro atoms. The monoisotopic (exact) mass is 619 g/mol. The number of Topliss-reactive ketones (excluding diaryl/α,β-unsaturated/α-hetero) is 1. The summed E-state index contributed by atoms with van der Waals surface area (Å²) in [5.74, 6) is -2.88. The first-order chi connectivity index (χ1) is 21.1. The minimum Gasteiger partial charge on any atom is -0.456 e. The van der Waals surface area contributed by atoms with Gasteiger partial charge in [-0.2, -0.15) is 0 Å². The summed E-state index contributed by atoms with van der Waals surface area (Å²) in [5, 5.41) is 47.9. The molecule has 2 saturated carbocycles. The van der Waals surface area contributed by atoms with Crippen LogP contribution in [0.1, 0.15) is 70.5 Å². The van der Waals surface area contributed by atoms with Crippen LogP contribution in [0.5, 0.6) is 0 Å². The predicted octanol–water partition coefficient (Wildman–Crippen LogP) is 2.96. The molecule has 1 aliphatic heterocycles. The van der Waals surface area contributed by atoms with Crippen LogP contribution in [0.25, 0.3) is 0 Å². The third kappa shape index (κ3) is 4.42. The van der Waals surface area contributed by atoms with Gasteiger partial charge < -0.3 is 35.6 Å². The van der Waals surface area contributed by atoms with Crippen molar-refractivity contribution in [3.63, 3.8) is 0 Å². The van der Waals surface area contributed by atoms with Gasteiger partial charge in [-0.1, -0.05) is 81.4 Å². The van der Waals surface area contributed by atoms with Gasteiger partial charge in [0.05, 0.1) is 35.9 Å². The molecule has 242 valence electrons. The Balaban J connectivity index is 1.51. The van der Waals surface area contributed by atoms with Gasteiger partial charge in [-0.3, -0.25) is 4.79 Å². The standard InChI is InChI=1S/C36H45NO8/c1-19-22(45-32(42)29(40)27(37)21-14-10-7-11-15-21)17-36(43)26(20-12-8-6-9-13-20)30-34(4)18-44-24(34)16-23(38)35(30,5)31(41)28(39)25(19)33(36,2)3/h6-15,22-24,26-30,38-40,43H,16-18,37H2,1-5H3/t22-,23-,24+,26?,27-,28+,29+,30?,34+,35+,36+/m0/s1. The molecule has 1 saturated heterocycles. The lowest BCUT2D eigenvalue weighted by Gasteiger charge is -2.69. The van der Waals surface area contributed by atoms with Gasteiger partial charge >= 0.3 is 5.97 Å². The van der Waals surface area contributed by atoms with Gasteiger partial charge in [0.2, 0.25) is 0 Å². The molecule has 6 N–H and O–H groups in total. The number of fused-ring (bicyclic) bond motifs is 5. The Morgan fingerprint density at radius 2 is 1.62 bits per heavy atom. The summed E-state index contributed by atoms with van der Waals surface area (Å²) < 4.78 is 11.9. The molecule has 2 bridgehead atoms. The number of aliphatic hydroxyl groups is 4. The molecule has 2 aromatic carbocycles. The number of nitrogens with two attached hydrogens (primary N) is 1. The van der Waals surface area contributed by atoms with Crippen molar-refractivity contribution in [2.24, 2.45) is 27.9 Å². The third-order valence-corrected chi connectivity index (χ3v) is 12.1. The van der Waals surface area contributed by atoms with Crippen molar-refractivity contribution in [1.82, 2.24) is 0 Å².